The summed E-state index contributed by atoms with van der Waals surface area (Å²) in [5.41, 5.74) is -0.688. The quantitative estimate of drug-likeness (QED) is 0.804. The first kappa shape index (κ1) is 12.0. The molecule has 1 aromatic heterocycles. The molecule has 94 valence electrons. The Morgan fingerprint density at radius 1 is 1.53 bits per heavy atom. The van der Waals surface area contributed by atoms with Gasteiger partial charge in [0.15, 0.2) is 0 Å². The van der Waals surface area contributed by atoms with Crippen molar-refractivity contribution in [1.29, 1.82) is 0 Å². The third-order valence-corrected chi connectivity index (χ3v) is 3.26. The summed E-state index contributed by atoms with van der Waals surface area (Å²) in [5.74, 6) is -0.0594. The molecule has 1 aliphatic carbocycles. The van der Waals surface area contributed by atoms with Gasteiger partial charge in [0.2, 0.25) is 5.91 Å². The molecule has 1 aliphatic rings. The molecule has 0 bridgehead atoms. The lowest BCUT2D eigenvalue weighted by Crippen LogP contribution is -2.43. The van der Waals surface area contributed by atoms with E-state index in [0.29, 0.717) is 6.54 Å². The molecular weight excluding hydrogens is 220 g/mol. The highest BCUT2D eigenvalue weighted by atomic mass is 16.3. The fraction of sp³-hybridized carbons (Fsp3) is 0.727. The normalized spacial score (nSPS) is 18.2. The van der Waals surface area contributed by atoms with E-state index in [2.05, 4.69) is 10.1 Å². The van der Waals surface area contributed by atoms with Gasteiger partial charge in [0.1, 0.15) is 19.2 Å². The minimum Gasteiger partial charge on any atom is -0.388 e. The number of rotatable bonds is 4. The van der Waals surface area contributed by atoms with Gasteiger partial charge in [0, 0.05) is 13.6 Å². The van der Waals surface area contributed by atoms with E-state index in [4.69, 9.17) is 0 Å². The third-order valence-electron chi connectivity index (χ3n) is 3.26. The molecule has 1 heterocycles. The zero-order valence-electron chi connectivity index (χ0n) is 10.0. The van der Waals surface area contributed by atoms with E-state index in [1.165, 1.54) is 17.3 Å². The summed E-state index contributed by atoms with van der Waals surface area (Å²) >= 11 is 0. The number of hydrogen-bond acceptors (Lipinski definition) is 4. The highest BCUT2D eigenvalue weighted by Crippen LogP contribution is 2.29. The first-order valence-corrected chi connectivity index (χ1v) is 5.88. The highest BCUT2D eigenvalue weighted by Gasteiger charge is 2.33. The summed E-state index contributed by atoms with van der Waals surface area (Å²) in [6.45, 7) is 0.576. The van der Waals surface area contributed by atoms with Crippen molar-refractivity contribution in [1.82, 2.24) is 19.7 Å². The number of aromatic nitrogens is 3. The Kier molecular flexibility index (Phi) is 3.42. The molecule has 2 rings (SSSR count). The van der Waals surface area contributed by atoms with Gasteiger partial charge in [-0.1, -0.05) is 12.8 Å². The predicted molar refractivity (Wildman–Crippen MR) is 61.1 cm³/mol. The molecule has 1 saturated carbocycles. The molecule has 1 aromatic rings. The van der Waals surface area contributed by atoms with Gasteiger partial charge in [-0.05, 0) is 12.8 Å². The fourth-order valence-electron chi connectivity index (χ4n) is 2.29. The molecule has 0 aliphatic heterocycles. The lowest BCUT2D eigenvalue weighted by molar-refractivity contribution is -0.134. The van der Waals surface area contributed by atoms with E-state index in [-0.39, 0.29) is 12.5 Å². The van der Waals surface area contributed by atoms with E-state index >= 15 is 0 Å². The molecule has 1 amide bonds. The number of carbonyl (C=O) groups is 1. The Balaban J connectivity index is 1.87. The molecule has 17 heavy (non-hydrogen) atoms. The van der Waals surface area contributed by atoms with E-state index in [0.717, 1.165) is 25.7 Å². The van der Waals surface area contributed by atoms with Crippen LogP contribution in [0.25, 0.3) is 0 Å². The van der Waals surface area contributed by atoms with E-state index in [1.54, 1.807) is 11.9 Å². The summed E-state index contributed by atoms with van der Waals surface area (Å²) in [7, 11) is 1.72. The second-order valence-electron chi connectivity index (χ2n) is 4.77. The van der Waals surface area contributed by atoms with Crippen LogP contribution in [-0.4, -0.2) is 49.9 Å². The largest absolute Gasteiger partial charge is 0.388 e. The van der Waals surface area contributed by atoms with Crippen LogP contribution in [0.4, 0.5) is 0 Å². The average molecular weight is 238 g/mol. The Morgan fingerprint density at radius 2 is 2.24 bits per heavy atom. The zero-order valence-corrected chi connectivity index (χ0v) is 10.0. The van der Waals surface area contributed by atoms with Crippen molar-refractivity contribution >= 4 is 5.91 Å². The Hall–Kier alpha value is -1.43. The molecule has 0 spiro atoms. The highest BCUT2D eigenvalue weighted by molar-refractivity contribution is 5.75. The standard InChI is InChI=1S/C11H18N4O2/c1-14(7-11(17)4-2-3-5-11)10(16)6-15-9-12-8-13-15/h8-9,17H,2-7H2,1H3. The number of amides is 1. The molecule has 6 heteroatoms. The van der Waals surface area contributed by atoms with Crippen molar-refractivity contribution in [2.75, 3.05) is 13.6 Å². The van der Waals surface area contributed by atoms with Crippen molar-refractivity contribution in [3.05, 3.63) is 12.7 Å². The number of hydrogen-bond donors (Lipinski definition) is 1. The average Bonchev–Trinajstić information content (AvgIpc) is 2.90. The van der Waals surface area contributed by atoms with Gasteiger partial charge in [-0.25, -0.2) is 9.67 Å². The van der Waals surface area contributed by atoms with Crippen molar-refractivity contribution in [3.63, 3.8) is 0 Å². The van der Waals surface area contributed by atoms with Crippen LogP contribution >= 0.6 is 0 Å². The molecule has 0 aromatic carbocycles. The van der Waals surface area contributed by atoms with Crippen LogP contribution in [0, 0.1) is 0 Å². The first-order chi connectivity index (χ1) is 8.09. The molecule has 0 saturated heterocycles. The van der Waals surface area contributed by atoms with E-state index in [9.17, 15) is 9.90 Å². The fourth-order valence-corrected chi connectivity index (χ4v) is 2.29. The number of aliphatic hydroxyl groups is 1. The molecule has 0 radical (unpaired) electrons. The Labute approximate surface area is 100 Å². The number of likely N-dealkylation sites (N-methyl/N-ethyl adjacent to an activating group) is 1. The summed E-state index contributed by atoms with van der Waals surface area (Å²) < 4.78 is 1.48. The molecule has 0 unspecified atom stereocenters. The summed E-state index contributed by atoms with van der Waals surface area (Å²) in [6.07, 6.45) is 6.57. The maximum absolute atomic E-state index is 11.9. The monoisotopic (exact) mass is 238 g/mol. The molecule has 1 fully saturated rings. The molecule has 1 N–H and O–H groups in total. The molecule has 6 nitrogen and oxygen atoms in total. The van der Waals surface area contributed by atoms with E-state index < -0.39 is 5.60 Å². The third kappa shape index (κ3) is 3.03. The summed E-state index contributed by atoms with van der Waals surface area (Å²) in [4.78, 5) is 17.2. The number of nitrogens with zero attached hydrogens (tertiary/aromatic N) is 4. The van der Waals surface area contributed by atoms with Gasteiger partial charge in [-0.15, -0.1) is 0 Å². The van der Waals surface area contributed by atoms with Crippen molar-refractivity contribution in [3.8, 4) is 0 Å². The molecule has 0 atom stereocenters. The zero-order chi connectivity index (χ0) is 12.3. The van der Waals surface area contributed by atoms with Crippen LogP contribution in [0.5, 0.6) is 0 Å². The van der Waals surface area contributed by atoms with Crippen LogP contribution in [0.3, 0.4) is 0 Å². The SMILES string of the molecule is CN(CC1(O)CCCC1)C(=O)Cn1cncn1. The maximum Gasteiger partial charge on any atom is 0.244 e. The van der Waals surface area contributed by atoms with Crippen molar-refractivity contribution in [2.24, 2.45) is 0 Å². The Morgan fingerprint density at radius 3 is 2.82 bits per heavy atom. The van der Waals surface area contributed by atoms with Crippen molar-refractivity contribution in [2.45, 2.75) is 37.8 Å². The Bertz CT molecular complexity index is 371. The van der Waals surface area contributed by atoms with Gasteiger partial charge < -0.3 is 10.0 Å². The maximum atomic E-state index is 11.9. The van der Waals surface area contributed by atoms with Crippen LogP contribution in [-0.2, 0) is 11.3 Å². The second-order valence-corrected chi connectivity index (χ2v) is 4.77. The van der Waals surface area contributed by atoms with Gasteiger partial charge in [0.25, 0.3) is 0 Å². The van der Waals surface area contributed by atoms with Gasteiger partial charge >= 0.3 is 0 Å². The summed E-state index contributed by atoms with van der Waals surface area (Å²) in [6, 6.07) is 0. The van der Waals surface area contributed by atoms with Gasteiger partial charge in [-0.2, -0.15) is 5.10 Å². The van der Waals surface area contributed by atoms with Crippen LogP contribution in [0.2, 0.25) is 0 Å². The molecular formula is C11H18N4O2. The smallest absolute Gasteiger partial charge is 0.244 e. The lowest BCUT2D eigenvalue weighted by Gasteiger charge is -2.28. The van der Waals surface area contributed by atoms with Crippen LogP contribution in [0.15, 0.2) is 12.7 Å². The van der Waals surface area contributed by atoms with Crippen molar-refractivity contribution < 1.29 is 9.90 Å². The van der Waals surface area contributed by atoms with Gasteiger partial charge in [0.05, 0.1) is 5.60 Å². The minimum absolute atomic E-state index is 0.0594. The number of carbonyl (C=O) groups excluding carboxylic acids is 1. The summed E-state index contributed by atoms with van der Waals surface area (Å²) in [5, 5.41) is 14.1. The second kappa shape index (κ2) is 4.83. The first-order valence-electron chi connectivity index (χ1n) is 5.88. The topological polar surface area (TPSA) is 71.2 Å². The minimum atomic E-state index is -0.688. The van der Waals surface area contributed by atoms with Crippen LogP contribution in [0.1, 0.15) is 25.7 Å². The lowest BCUT2D eigenvalue weighted by atomic mass is 10.0. The van der Waals surface area contributed by atoms with Crippen LogP contribution < -0.4 is 0 Å². The van der Waals surface area contributed by atoms with E-state index in [1.807, 2.05) is 0 Å². The predicted octanol–water partition coefficient (Wildman–Crippen LogP) is 0.0416. The van der Waals surface area contributed by atoms with Gasteiger partial charge in [-0.3, -0.25) is 4.79 Å².